The Morgan fingerprint density at radius 3 is 2.62 bits per heavy atom. The Bertz CT molecular complexity index is 897. The molecule has 1 aliphatic heterocycles. The topological polar surface area (TPSA) is 98.7 Å². The Morgan fingerprint density at radius 2 is 1.97 bits per heavy atom. The molecule has 0 spiro atoms. The fourth-order valence-corrected chi connectivity index (χ4v) is 3.68. The molecule has 4 N–H and O–H groups in total. The first-order chi connectivity index (χ1) is 13.8. The average Bonchev–Trinajstić information content (AvgIpc) is 3.07. The maximum atomic E-state index is 12.9. The molecule has 0 unspecified atom stereocenters. The maximum Gasteiger partial charge on any atom is 0.338 e. The number of carbonyl (C=O) groups is 2. The molecule has 1 atom stereocenters. The lowest BCUT2D eigenvalue weighted by atomic mass is 9.98. The third-order valence-electron chi connectivity index (χ3n) is 4.92. The third kappa shape index (κ3) is 5.12. The zero-order chi connectivity index (χ0) is 21.0. The molecule has 1 heterocycles. The van der Waals surface area contributed by atoms with Crippen LogP contribution in [-0.2, 0) is 17.6 Å². The number of carbonyl (C=O) groups excluding carboxylic acids is 2. The van der Waals surface area contributed by atoms with Crippen molar-refractivity contribution in [3.63, 3.8) is 0 Å². The predicted octanol–water partition coefficient (Wildman–Crippen LogP) is 2.42. The van der Waals surface area contributed by atoms with E-state index in [9.17, 15) is 14.0 Å². The van der Waals surface area contributed by atoms with Crippen LogP contribution < -0.4 is 16.4 Å². The maximum absolute atomic E-state index is 12.9. The number of primary amides is 1. The van der Waals surface area contributed by atoms with E-state index in [-0.39, 0.29) is 12.6 Å². The van der Waals surface area contributed by atoms with E-state index in [1.54, 1.807) is 0 Å². The second kappa shape index (κ2) is 9.05. The van der Waals surface area contributed by atoms with E-state index in [4.69, 9.17) is 16.2 Å². The molecule has 1 amide bonds. The van der Waals surface area contributed by atoms with Crippen molar-refractivity contribution < 1.29 is 18.7 Å². The molecule has 29 heavy (non-hydrogen) atoms. The Balaban J connectivity index is 1.61. The first kappa shape index (κ1) is 20.8. The van der Waals surface area contributed by atoms with Crippen LogP contribution in [0.2, 0.25) is 0 Å². The van der Waals surface area contributed by atoms with Gasteiger partial charge in [0, 0.05) is 19.1 Å². The fraction of sp³-hybridized carbons (Fsp3) is 0.364. The van der Waals surface area contributed by atoms with Gasteiger partial charge in [0.2, 0.25) is 0 Å². The van der Waals surface area contributed by atoms with Gasteiger partial charge >= 0.3 is 5.97 Å². The minimum absolute atomic E-state index is 0.00192. The number of hydrogen-bond donors (Lipinski definition) is 2. The normalized spacial score (nSPS) is 13.8. The van der Waals surface area contributed by atoms with Crippen LogP contribution in [0.25, 0.3) is 0 Å². The number of rotatable bonds is 8. The Morgan fingerprint density at radius 1 is 1.24 bits per heavy atom. The summed E-state index contributed by atoms with van der Waals surface area (Å²) < 4.78 is 18.2. The number of amides is 1. The number of halogens is 1. The van der Waals surface area contributed by atoms with Crippen LogP contribution in [0.15, 0.2) is 36.4 Å². The molecule has 2 aromatic carbocycles. The van der Waals surface area contributed by atoms with Gasteiger partial charge in [0.05, 0.1) is 23.4 Å². The van der Waals surface area contributed by atoms with Gasteiger partial charge in [-0.1, -0.05) is 6.07 Å². The van der Waals surface area contributed by atoms with Crippen LogP contribution in [0.5, 0.6) is 0 Å². The van der Waals surface area contributed by atoms with Gasteiger partial charge in [-0.15, -0.1) is 0 Å². The van der Waals surface area contributed by atoms with E-state index in [1.165, 1.54) is 24.3 Å². The molecule has 7 heteroatoms. The predicted molar refractivity (Wildman–Crippen MR) is 110 cm³/mol. The summed E-state index contributed by atoms with van der Waals surface area (Å²) in [6, 6.07) is 9.17. The van der Waals surface area contributed by atoms with Crippen LogP contribution in [0.4, 0.5) is 10.1 Å². The van der Waals surface area contributed by atoms with E-state index in [1.807, 2.05) is 13.0 Å². The van der Waals surface area contributed by atoms with Crippen LogP contribution >= 0.6 is 0 Å². The number of esters is 1. The van der Waals surface area contributed by atoms with Gasteiger partial charge in [0.1, 0.15) is 5.82 Å². The summed E-state index contributed by atoms with van der Waals surface area (Å²) in [4.78, 5) is 26.1. The quantitative estimate of drug-likeness (QED) is 0.525. The van der Waals surface area contributed by atoms with E-state index in [2.05, 4.69) is 11.0 Å². The van der Waals surface area contributed by atoms with Gasteiger partial charge < -0.3 is 21.1 Å². The molecule has 1 aliphatic rings. The smallest absolute Gasteiger partial charge is 0.338 e. The largest absolute Gasteiger partial charge is 0.462 e. The lowest BCUT2D eigenvalue weighted by molar-refractivity contribution is 0.0502. The number of anilines is 1. The van der Waals surface area contributed by atoms with Gasteiger partial charge in [-0.2, -0.15) is 0 Å². The summed E-state index contributed by atoms with van der Waals surface area (Å²) >= 11 is 0. The Labute approximate surface area is 169 Å². The number of fused-ring (bicyclic) bond motifs is 1. The van der Waals surface area contributed by atoms with Crippen molar-refractivity contribution in [1.82, 2.24) is 0 Å². The highest BCUT2D eigenvalue weighted by molar-refractivity contribution is 6.00. The Kier molecular flexibility index (Phi) is 6.49. The summed E-state index contributed by atoms with van der Waals surface area (Å²) in [6.45, 7) is 3.58. The minimum atomic E-state index is -0.481. The number of benzene rings is 2. The number of nitrogens with zero attached hydrogens (tertiary/aromatic N) is 1. The SMILES string of the molecule is C[C@@H](N)Cc1cc2c(c(C(N)=O)c1)N(CCCOC(=O)c1ccc(F)cc1)CC2. The molecule has 0 aromatic heterocycles. The third-order valence-corrected chi connectivity index (χ3v) is 4.92. The monoisotopic (exact) mass is 399 g/mol. The minimum Gasteiger partial charge on any atom is -0.462 e. The zero-order valence-corrected chi connectivity index (χ0v) is 16.5. The van der Waals surface area contributed by atoms with Crippen LogP contribution in [-0.4, -0.2) is 37.6 Å². The van der Waals surface area contributed by atoms with E-state index >= 15 is 0 Å². The molecule has 0 radical (unpaired) electrons. The molecule has 154 valence electrons. The second-order valence-corrected chi connectivity index (χ2v) is 7.43. The molecule has 3 rings (SSSR count). The summed E-state index contributed by atoms with van der Waals surface area (Å²) in [5, 5.41) is 0. The van der Waals surface area contributed by atoms with Crippen molar-refractivity contribution in [2.45, 2.75) is 32.2 Å². The highest BCUT2D eigenvalue weighted by Crippen LogP contribution is 2.33. The van der Waals surface area contributed by atoms with E-state index in [0.717, 1.165) is 29.8 Å². The molecule has 6 nitrogen and oxygen atoms in total. The van der Waals surface area contributed by atoms with Crippen molar-refractivity contribution in [2.75, 3.05) is 24.6 Å². The Hall–Kier alpha value is -2.93. The molecular weight excluding hydrogens is 373 g/mol. The highest BCUT2D eigenvalue weighted by Gasteiger charge is 2.25. The molecule has 0 fully saturated rings. The van der Waals surface area contributed by atoms with E-state index in [0.29, 0.717) is 30.5 Å². The standard InChI is InChI=1S/C22H26FN3O3/c1-14(24)11-15-12-17-7-9-26(20(17)19(13-15)21(25)27)8-2-10-29-22(28)16-3-5-18(23)6-4-16/h3-6,12-14H,2,7-11,24H2,1H3,(H2,25,27)/t14-/m1/s1. The summed E-state index contributed by atoms with van der Waals surface area (Å²) in [7, 11) is 0. The summed E-state index contributed by atoms with van der Waals surface area (Å²) in [6.07, 6.45) is 2.12. The second-order valence-electron chi connectivity index (χ2n) is 7.43. The molecule has 0 saturated carbocycles. The van der Waals surface area contributed by atoms with Crippen molar-refractivity contribution in [2.24, 2.45) is 11.5 Å². The van der Waals surface area contributed by atoms with Crippen molar-refractivity contribution in [1.29, 1.82) is 0 Å². The number of nitrogens with two attached hydrogens (primary N) is 2. The average molecular weight is 399 g/mol. The molecule has 0 saturated heterocycles. The van der Waals surface area contributed by atoms with Crippen molar-refractivity contribution >= 4 is 17.6 Å². The van der Waals surface area contributed by atoms with Gasteiger partial charge in [0.15, 0.2) is 0 Å². The van der Waals surface area contributed by atoms with Crippen LogP contribution in [0, 0.1) is 5.82 Å². The summed E-state index contributed by atoms with van der Waals surface area (Å²) in [5.41, 5.74) is 15.3. The lowest BCUT2D eigenvalue weighted by Gasteiger charge is -2.22. The van der Waals surface area contributed by atoms with Gasteiger partial charge in [-0.25, -0.2) is 9.18 Å². The molecular formula is C22H26FN3O3. The first-order valence-electron chi connectivity index (χ1n) is 9.74. The number of hydrogen-bond acceptors (Lipinski definition) is 5. The lowest BCUT2D eigenvalue weighted by Crippen LogP contribution is -2.26. The first-order valence-corrected chi connectivity index (χ1v) is 9.74. The van der Waals surface area contributed by atoms with Gasteiger partial charge in [-0.05, 0) is 67.6 Å². The number of ether oxygens (including phenoxy) is 1. The molecule has 2 aromatic rings. The van der Waals surface area contributed by atoms with Crippen molar-refractivity contribution in [3.8, 4) is 0 Å². The van der Waals surface area contributed by atoms with Gasteiger partial charge in [0.25, 0.3) is 5.91 Å². The zero-order valence-electron chi connectivity index (χ0n) is 16.5. The van der Waals surface area contributed by atoms with Crippen LogP contribution in [0.3, 0.4) is 0 Å². The highest BCUT2D eigenvalue weighted by atomic mass is 19.1. The fourth-order valence-electron chi connectivity index (χ4n) is 3.68. The van der Waals surface area contributed by atoms with E-state index < -0.39 is 17.7 Å². The molecule has 0 aliphatic carbocycles. The molecule has 0 bridgehead atoms. The van der Waals surface area contributed by atoms with Gasteiger partial charge in [-0.3, -0.25) is 4.79 Å². The summed E-state index contributed by atoms with van der Waals surface area (Å²) in [5.74, 6) is -1.34. The van der Waals surface area contributed by atoms with Crippen molar-refractivity contribution in [3.05, 3.63) is 64.5 Å². The van der Waals surface area contributed by atoms with Crippen LogP contribution in [0.1, 0.15) is 45.2 Å².